The summed E-state index contributed by atoms with van der Waals surface area (Å²) in [6.07, 6.45) is 3.30. The molecular formula is C20H25N3O5. The first-order chi connectivity index (χ1) is 13.4. The van der Waals surface area contributed by atoms with E-state index in [1.807, 2.05) is 18.7 Å². The van der Waals surface area contributed by atoms with Crippen molar-refractivity contribution in [2.45, 2.75) is 26.7 Å². The molecule has 1 fully saturated rings. The van der Waals surface area contributed by atoms with E-state index in [1.54, 1.807) is 12.1 Å². The summed E-state index contributed by atoms with van der Waals surface area (Å²) in [5.74, 6) is -0.285. The molecule has 3 amide bonds. The summed E-state index contributed by atoms with van der Waals surface area (Å²) < 4.78 is 5.76. The lowest BCUT2D eigenvalue weighted by atomic mass is 10.1. The number of ether oxygens (including phenoxy) is 1. The van der Waals surface area contributed by atoms with Crippen LogP contribution in [0.3, 0.4) is 0 Å². The zero-order valence-electron chi connectivity index (χ0n) is 16.2. The molecule has 1 saturated heterocycles. The number of aliphatic hydroxyl groups is 1. The predicted molar refractivity (Wildman–Crippen MR) is 103 cm³/mol. The molecule has 1 aromatic carbocycles. The van der Waals surface area contributed by atoms with Crippen molar-refractivity contribution in [1.82, 2.24) is 9.80 Å². The fourth-order valence-corrected chi connectivity index (χ4v) is 3.51. The minimum Gasteiger partial charge on any atom is -0.483 e. The molecule has 1 aromatic rings. The van der Waals surface area contributed by atoms with Crippen LogP contribution in [0, 0.1) is 13.8 Å². The van der Waals surface area contributed by atoms with E-state index in [1.165, 1.54) is 6.08 Å². The number of likely N-dealkylation sites (tertiary alicyclic amines) is 1. The summed E-state index contributed by atoms with van der Waals surface area (Å²) >= 11 is 0. The van der Waals surface area contributed by atoms with Crippen molar-refractivity contribution in [2.24, 2.45) is 0 Å². The van der Waals surface area contributed by atoms with E-state index in [2.05, 4.69) is 5.32 Å². The molecule has 0 unspecified atom stereocenters. The zero-order chi connectivity index (χ0) is 20.3. The van der Waals surface area contributed by atoms with Crippen LogP contribution >= 0.6 is 0 Å². The first-order valence-electron chi connectivity index (χ1n) is 9.38. The van der Waals surface area contributed by atoms with Gasteiger partial charge < -0.3 is 20.1 Å². The lowest BCUT2D eigenvalue weighted by molar-refractivity contribution is -0.137. The molecule has 2 aliphatic heterocycles. The van der Waals surface area contributed by atoms with Crippen LogP contribution in [0.4, 0.5) is 5.69 Å². The fourth-order valence-electron chi connectivity index (χ4n) is 3.51. The topological polar surface area (TPSA) is 99.2 Å². The van der Waals surface area contributed by atoms with Crippen molar-refractivity contribution >= 4 is 23.4 Å². The Kier molecular flexibility index (Phi) is 5.99. The summed E-state index contributed by atoms with van der Waals surface area (Å²) in [4.78, 5) is 39.1. The number of benzene rings is 1. The molecule has 8 heteroatoms. The van der Waals surface area contributed by atoms with Crippen LogP contribution in [-0.2, 0) is 14.4 Å². The van der Waals surface area contributed by atoms with E-state index in [0.29, 0.717) is 11.4 Å². The number of carbonyl (C=O) groups is 3. The third-order valence-corrected chi connectivity index (χ3v) is 4.87. The van der Waals surface area contributed by atoms with Gasteiger partial charge in [-0.05, 0) is 49.9 Å². The van der Waals surface area contributed by atoms with Crippen molar-refractivity contribution in [2.75, 3.05) is 38.2 Å². The van der Waals surface area contributed by atoms with E-state index in [9.17, 15) is 14.4 Å². The number of β-amino-alcohol motifs (C(OH)–C–C–N with tert-alkyl or cyclic N) is 1. The van der Waals surface area contributed by atoms with Gasteiger partial charge in [-0.25, -0.2) is 0 Å². The van der Waals surface area contributed by atoms with Gasteiger partial charge in [-0.2, -0.15) is 0 Å². The largest absolute Gasteiger partial charge is 0.483 e. The molecule has 150 valence electrons. The van der Waals surface area contributed by atoms with Gasteiger partial charge in [0.2, 0.25) is 0 Å². The van der Waals surface area contributed by atoms with Gasteiger partial charge in [0.05, 0.1) is 13.2 Å². The molecule has 3 rings (SSSR count). The lowest BCUT2D eigenvalue weighted by Crippen LogP contribution is -2.34. The molecule has 0 aliphatic carbocycles. The molecule has 2 heterocycles. The van der Waals surface area contributed by atoms with Crippen molar-refractivity contribution < 1.29 is 24.2 Å². The average Bonchev–Trinajstić information content (AvgIpc) is 3.26. The second-order valence-electron chi connectivity index (χ2n) is 7.02. The van der Waals surface area contributed by atoms with Crippen LogP contribution in [-0.4, -0.2) is 65.5 Å². The van der Waals surface area contributed by atoms with Crippen LogP contribution in [0.2, 0.25) is 0 Å². The number of nitrogens with one attached hydrogen (secondary N) is 1. The smallest absolute Gasteiger partial charge is 0.277 e. The third kappa shape index (κ3) is 4.17. The van der Waals surface area contributed by atoms with Gasteiger partial charge >= 0.3 is 0 Å². The van der Waals surface area contributed by atoms with Gasteiger partial charge in [0.15, 0.2) is 6.61 Å². The van der Waals surface area contributed by atoms with Gasteiger partial charge in [0.25, 0.3) is 17.7 Å². The van der Waals surface area contributed by atoms with Crippen LogP contribution in [0.15, 0.2) is 23.9 Å². The zero-order valence-corrected chi connectivity index (χ0v) is 16.2. The Morgan fingerprint density at radius 2 is 1.82 bits per heavy atom. The molecule has 0 bridgehead atoms. The first-order valence-corrected chi connectivity index (χ1v) is 9.38. The number of nitrogens with zero attached hydrogens (tertiary/aromatic N) is 2. The number of aryl methyl sites for hydroxylation is 2. The summed E-state index contributed by atoms with van der Waals surface area (Å²) in [5, 5.41) is 11.9. The van der Waals surface area contributed by atoms with E-state index in [-0.39, 0.29) is 31.4 Å². The van der Waals surface area contributed by atoms with Crippen LogP contribution < -0.4 is 10.1 Å². The highest BCUT2D eigenvalue weighted by Crippen LogP contribution is 2.29. The maximum Gasteiger partial charge on any atom is 0.277 e. The van der Waals surface area contributed by atoms with Gasteiger partial charge in [0.1, 0.15) is 11.4 Å². The van der Waals surface area contributed by atoms with Gasteiger partial charge in [0, 0.05) is 24.9 Å². The normalized spacial score (nSPS) is 16.6. The Labute approximate surface area is 163 Å². The highest BCUT2D eigenvalue weighted by atomic mass is 16.5. The van der Waals surface area contributed by atoms with Crippen molar-refractivity contribution in [3.8, 4) is 5.75 Å². The van der Waals surface area contributed by atoms with Crippen LogP contribution in [0.25, 0.3) is 0 Å². The number of anilines is 1. The maximum atomic E-state index is 12.2. The average molecular weight is 387 g/mol. The Morgan fingerprint density at radius 1 is 1.18 bits per heavy atom. The monoisotopic (exact) mass is 387 g/mol. The van der Waals surface area contributed by atoms with E-state index < -0.39 is 11.8 Å². The van der Waals surface area contributed by atoms with Crippen molar-refractivity contribution in [3.63, 3.8) is 0 Å². The van der Waals surface area contributed by atoms with Gasteiger partial charge in [-0.1, -0.05) is 0 Å². The number of hydrogen-bond donors (Lipinski definition) is 2. The lowest BCUT2D eigenvalue weighted by Gasteiger charge is -2.18. The molecular weight excluding hydrogens is 362 g/mol. The second-order valence-corrected chi connectivity index (χ2v) is 7.02. The number of carbonyl (C=O) groups excluding carboxylic acids is 3. The highest BCUT2D eigenvalue weighted by Gasteiger charge is 2.30. The molecule has 0 aromatic heterocycles. The fraction of sp³-hybridized carbons (Fsp3) is 0.450. The van der Waals surface area contributed by atoms with Crippen LogP contribution in [0.1, 0.15) is 24.0 Å². The molecule has 2 N–H and O–H groups in total. The highest BCUT2D eigenvalue weighted by molar-refractivity contribution is 6.17. The van der Waals surface area contributed by atoms with Crippen molar-refractivity contribution in [1.29, 1.82) is 0 Å². The molecule has 2 aliphatic rings. The summed E-state index contributed by atoms with van der Waals surface area (Å²) in [6.45, 7) is 5.00. The van der Waals surface area contributed by atoms with Gasteiger partial charge in [-0.3, -0.25) is 19.3 Å². The summed E-state index contributed by atoms with van der Waals surface area (Å²) in [7, 11) is 0. The maximum absolute atomic E-state index is 12.2. The molecule has 0 atom stereocenters. The SMILES string of the molecule is Cc1cc(NC2=CC(=O)N(CCO)C2=O)cc(C)c1OCC(=O)N1CCCC1. The van der Waals surface area contributed by atoms with Gasteiger partial charge in [-0.15, -0.1) is 0 Å². The predicted octanol–water partition coefficient (Wildman–Crippen LogP) is 0.962. The third-order valence-electron chi connectivity index (χ3n) is 4.87. The second kappa shape index (κ2) is 8.43. The minimum atomic E-state index is -0.467. The van der Waals surface area contributed by atoms with E-state index in [0.717, 1.165) is 42.0 Å². The summed E-state index contributed by atoms with van der Waals surface area (Å²) in [6, 6.07) is 3.60. The Hall–Kier alpha value is -2.87. The number of rotatable bonds is 7. The summed E-state index contributed by atoms with van der Waals surface area (Å²) in [5.41, 5.74) is 2.45. The number of imide groups is 1. The van der Waals surface area contributed by atoms with E-state index >= 15 is 0 Å². The quantitative estimate of drug-likeness (QED) is 0.676. The molecule has 0 spiro atoms. The Morgan fingerprint density at radius 3 is 2.43 bits per heavy atom. The Bertz CT molecular complexity index is 804. The Balaban J connectivity index is 1.66. The standard InChI is InChI=1S/C20H25N3O5/c1-13-9-15(21-16-11-17(25)23(7-8-24)20(16)27)10-14(2)19(13)28-12-18(26)22-5-3-4-6-22/h9-11,21,24H,3-8,12H2,1-2H3. The molecule has 0 saturated carbocycles. The van der Waals surface area contributed by atoms with E-state index in [4.69, 9.17) is 9.84 Å². The van der Waals surface area contributed by atoms with Crippen LogP contribution in [0.5, 0.6) is 5.75 Å². The number of hydrogen-bond acceptors (Lipinski definition) is 6. The number of aliphatic hydroxyl groups excluding tert-OH is 1. The minimum absolute atomic E-state index is 0.00269. The first kappa shape index (κ1) is 19.9. The molecule has 8 nitrogen and oxygen atoms in total. The van der Waals surface area contributed by atoms with Crippen molar-refractivity contribution in [3.05, 3.63) is 35.0 Å². The molecule has 0 radical (unpaired) electrons. The number of amides is 3. The molecule has 28 heavy (non-hydrogen) atoms.